The maximum absolute atomic E-state index is 2.45. The maximum atomic E-state index is 2.45. The van der Waals surface area contributed by atoms with E-state index in [0.717, 1.165) is 6.54 Å². The minimum atomic E-state index is 0.0490. The Kier molecular flexibility index (Phi) is 11.7. The van der Waals surface area contributed by atoms with Gasteiger partial charge in [0.15, 0.2) is 0 Å². The van der Waals surface area contributed by atoms with E-state index in [9.17, 15) is 0 Å². The molecule has 0 bridgehead atoms. The quantitative estimate of drug-likeness (QED) is 0.134. The Labute approximate surface area is 469 Å². The van der Waals surface area contributed by atoms with Crippen molar-refractivity contribution < 1.29 is 0 Å². The summed E-state index contributed by atoms with van der Waals surface area (Å²) in [5, 5.41) is 10.2. The molecular weight excluding hydrogens is 965 g/mol. The Bertz CT molecular complexity index is 4630. The first-order valence-corrected chi connectivity index (χ1v) is 28.4. The number of rotatable bonds is 8. The fourth-order valence-electron chi connectivity index (χ4n) is 12.7. The van der Waals surface area contributed by atoms with Crippen LogP contribution >= 0.6 is 0 Å². The number of hydrogen-bond acceptors (Lipinski definition) is 0. The van der Waals surface area contributed by atoms with E-state index < -0.39 is 0 Å². The summed E-state index contributed by atoms with van der Waals surface area (Å²) in [5.41, 5.74) is 23.7. The number of hydrogen-bond donors (Lipinski definition) is 0. The van der Waals surface area contributed by atoms with E-state index in [1.54, 1.807) is 0 Å². The molecule has 2 heterocycles. The predicted octanol–water partition coefficient (Wildman–Crippen LogP) is 21.8. The molecule has 0 amide bonds. The molecule has 2 heteroatoms. The molecule has 386 valence electrons. The Morgan fingerprint density at radius 1 is 0.263 bits per heavy atom. The topological polar surface area (TPSA) is 9.86 Å². The highest BCUT2D eigenvalue weighted by molar-refractivity contribution is 6.21. The van der Waals surface area contributed by atoms with Crippen LogP contribution in [0.4, 0.5) is 0 Å². The van der Waals surface area contributed by atoms with Crippen molar-refractivity contribution >= 4 is 65.2 Å². The van der Waals surface area contributed by atoms with Crippen molar-refractivity contribution in [3.8, 4) is 72.4 Å². The van der Waals surface area contributed by atoms with E-state index in [4.69, 9.17) is 0 Å². The summed E-state index contributed by atoms with van der Waals surface area (Å²) in [6, 6.07) is 93.2. The number of fused-ring (bicyclic) bond motifs is 8. The van der Waals surface area contributed by atoms with E-state index in [0.29, 0.717) is 0 Å². The van der Waals surface area contributed by atoms with Crippen LogP contribution in [-0.4, -0.2) is 9.13 Å². The van der Waals surface area contributed by atoms with Gasteiger partial charge in [-0.3, -0.25) is 0 Å². The average molecular weight is 1030 g/mol. The van der Waals surface area contributed by atoms with Gasteiger partial charge in [-0.05, 0) is 178 Å². The molecular formula is C78H64N2. The molecule has 0 aliphatic heterocycles. The Morgan fingerprint density at radius 2 is 0.550 bits per heavy atom. The number of aromatic nitrogens is 2. The molecule has 0 saturated carbocycles. The largest absolute Gasteiger partial charge is 0.341 e. The Balaban J connectivity index is 0.751. The summed E-state index contributed by atoms with van der Waals surface area (Å²) in [5.74, 6) is 0. The summed E-state index contributed by atoms with van der Waals surface area (Å²) in [6.45, 7) is 17.0. The highest BCUT2D eigenvalue weighted by Gasteiger charge is 2.22. The lowest BCUT2D eigenvalue weighted by atomic mass is 9.85. The third-order valence-corrected chi connectivity index (χ3v) is 17.1. The Hall–Kier alpha value is -9.24. The number of para-hydroxylation sites is 1. The van der Waals surface area contributed by atoms with Crippen LogP contribution in [-0.2, 0) is 17.4 Å². The third kappa shape index (κ3) is 8.32. The van der Waals surface area contributed by atoms with Gasteiger partial charge in [-0.1, -0.05) is 230 Å². The minimum Gasteiger partial charge on any atom is -0.341 e. The van der Waals surface area contributed by atoms with E-state index in [-0.39, 0.29) is 10.8 Å². The molecule has 2 aromatic heterocycles. The molecule has 14 rings (SSSR count). The number of aryl methyl sites for hydroxylation is 1. The molecule has 0 spiro atoms. The standard InChI is InChI=1S/C78H64N2/c1-8-79-71-42-38-58(46-67(71)69-48-60(77(2,3)4)40-44-72(69)79)54-26-22-50(23-27-54)52-30-34-56(35-31-52)75-63-18-12-14-20-65(63)76(66-21-15-13-19-64(66)75)57-36-32-53(33-37-57)51-24-28-55(29-25-51)59-39-43-73-68(47-59)70-49-61(78(5,6)7)41-45-74(70)80(73)62-16-10-9-11-17-62/h9-49H,8H2,1-7H3. The van der Waals surface area contributed by atoms with Crippen LogP contribution in [0.5, 0.6) is 0 Å². The van der Waals surface area contributed by atoms with Crippen molar-refractivity contribution in [2.24, 2.45) is 0 Å². The summed E-state index contributed by atoms with van der Waals surface area (Å²) >= 11 is 0. The average Bonchev–Trinajstić information content (AvgIpc) is 4.03. The molecule has 0 aliphatic rings. The van der Waals surface area contributed by atoms with E-state index >= 15 is 0 Å². The van der Waals surface area contributed by atoms with Crippen LogP contribution in [0.2, 0.25) is 0 Å². The van der Waals surface area contributed by atoms with Gasteiger partial charge in [0.05, 0.1) is 11.0 Å². The van der Waals surface area contributed by atoms with Crippen LogP contribution in [0.1, 0.15) is 59.6 Å². The zero-order valence-corrected chi connectivity index (χ0v) is 46.8. The van der Waals surface area contributed by atoms with Gasteiger partial charge in [-0.15, -0.1) is 0 Å². The van der Waals surface area contributed by atoms with Crippen LogP contribution in [0.15, 0.2) is 249 Å². The molecule has 0 fully saturated rings. The van der Waals surface area contributed by atoms with Gasteiger partial charge in [0.25, 0.3) is 0 Å². The second kappa shape index (κ2) is 19.0. The molecule has 0 atom stereocenters. The zero-order chi connectivity index (χ0) is 54.4. The number of nitrogens with zero attached hydrogens (tertiary/aromatic N) is 2. The van der Waals surface area contributed by atoms with Crippen molar-refractivity contribution in [2.75, 3.05) is 0 Å². The van der Waals surface area contributed by atoms with Crippen molar-refractivity contribution in [3.63, 3.8) is 0 Å². The second-order valence-corrected chi connectivity index (χ2v) is 24.0. The first-order chi connectivity index (χ1) is 38.9. The van der Waals surface area contributed by atoms with Crippen LogP contribution in [0.3, 0.4) is 0 Å². The van der Waals surface area contributed by atoms with Gasteiger partial charge < -0.3 is 9.13 Å². The monoisotopic (exact) mass is 1030 g/mol. The third-order valence-electron chi connectivity index (χ3n) is 17.1. The zero-order valence-electron chi connectivity index (χ0n) is 46.8. The van der Waals surface area contributed by atoms with Gasteiger partial charge in [0.2, 0.25) is 0 Å². The highest BCUT2D eigenvalue weighted by Crippen LogP contribution is 2.45. The summed E-state index contributed by atoms with van der Waals surface area (Å²) in [7, 11) is 0. The van der Waals surface area contributed by atoms with Crippen molar-refractivity contribution in [1.82, 2.24) is 9.13 Å². The summed E-state index contributed by atoms with van der Waals surface area (Å²) in [4.78, 5) is 0. The molecule has 2 nitrogen and oxygen atoms in total. The molecule has 0 unspecified atom stereocenters. The highest BCUT2D eigenvalue weighted by atomic mass is 15.0. The second-order valence-electron chi connectivity index (χ2n) is 24.0. The van der Waals surface area contributed by atoms with E-state index in [2.05, 4.69) is 306 Å². The van der Waals surface area contributed by atoms with Crippen molar-refractivity contribution in [3.05, 3.63) is 260 Å². The summed E-state index contributed by atoms with van der Waals surface area (Å²) in [6.07, 6.45) is 0. The maximum Gasteiger partial charge on any atom is 0.0541 e. The molecule has 80 heavy (non-hydrogen) atoms. The van der Waals surface area contributed by atoms with E-state index in [1.165, 1.54) is 149 Å². The summed E-state index contributed by atoms with van der Waals surface area (Å²) < 4.78 is 4.85. The SMILES string of the molecule is CCn1c2ccc(-c3ccc(-c4ccc(-c5c6ccccc6c(-c6ccc(-c7ccc(-c8ccc9c(c8)c8cc(C(C)(C)C)ccc8n9-c8ccccc8)cc7)cc6)c6ccccc56)cc4)cc3)cc2c2cc(C(C)(C)C)ccc21. The van der Waals surface area contributed by atoms with Crippen molar-refractivity contribution in [1.29, 1.82) is 0 Å². The van der Waals surface area contributed by atoms with Crippen LogP contribution in [0.25, 0.3) is 138 Å². The van der Waals surface area contributed by atoms with Crippen molar-refractivity contribution in [2.45, 2.75) is 65.8 Å². The fourth-order valence-corrected chi connectivity index (χ4v) is 12.7. The van der Waals surface area contributed by atoms with Gasteiger partial charge in [-0.25, -0.2) is 0 Å². The molecule has 0 radical (unpaired) electrons. The molecule has 14 aromatic rings. The first kappa shape index (κ1) is 49.1. The normalized spacial score (nSPS) is 12.2. The van der Waals surface area contributed by atoms with Gasteiger partial charge in [0.1, 0.15) is 0 Å². The first-order valence-electron chi connectivity index (χ1n) is 28.4. The molecule has 0 aliphatic carbocycles. The lowest BCUT2D eigenvalue weighted by Gasteiger charge is -2.19. The Morgan fingerprint density at radius 3 is 0.938 bits per heavy atom. The molecule has 0 saturated heterocycles. The van der Waals surface area contributed by atoms with Gasteiger partial charge >= 0.3 is 0 Å². The van der Waals surface area contributed by atoms with Gasteiger partial charge in [0, 0.05) is 44.8 Å². The number of benzene rings is 12. The van der Waals surface area contributed by atoms with Gasteiger partial charge in [-0.2, -0.15) is 0 Å². The predicted molar refractivity (Wildman–Crippen MR) is 344 cm³/mol. The fraction of sp³-hybridized carbons (Fsp3) is 0.128. The molecule has 0 N–H and O–H groups in total. The molecule has 12 aromatic carbocycles. The smallest absolute Gasteiger partial charge is 0.0541 e. The van der Waals surface area contributed by atoms with E-state index in [1.807, 2.05) is 0 Å². The lowest BCUT2D eigenvalue weighted by Crippen LogP contribution is -2.10. The minimum absolute atomic E-state index is 0.0490. The van der Waals surface area contributed by atoms with Crippen LogP contribution in [0, 0.1) is 0 Å². The van der Waals surface area contributed by atoms with Crippen LogP contribution < -0.4 is 0 Å². The lowest BCUT2D eigenvalue weighted by molar-refractivity contribution is 0.591.